The van der Waals surface area contributed by atoms with Crippen LogP contribution in [0.2, 0.25) is 0 Å². The van der Waals surface area contributed by atoms with Crippen LogP contribution < -0.4 is 5.30 Å². The molecule has 0 amide bonds. The van der Waals surface area contributed by atoms with Gasteiger partial charge in [0, 0.05) is 16.4 Å². The van der Waals surface area contributed by atoms with Gasteiger partial charge < -0.3 is 4.57 Å². The maximum atomic E-state index is 14.3. The van der Waals surface area contributed by atoms with Crippen LogP contribution in [-0.4, -0.2) is 11.0 Å². The average molecular weight is 376 g/mol. The lowest BCUT2D eigenvalue weighted by molar-refractivity contribution is 0.104. The van der Waals surface area contributed by atoms with Gasteiger partial charge in [-0.2, -0.15) is 0 Å². The van der Waals surface area contributed by atoms with Crippen LogP contribution in [-0.2, 0) is 4.57 Å². The molecule has 0 fully saturated rings. The van der Waals surface area contributed by atoms with Crippen molar-refractivity contribution in [2.75, 3.05) is 0 Å². The summed E-state index contributed by atoms with van der Waals surface area (Å²) in [4.78, 5) is 26.8. The third-order valence-electron chi connectivity index (χ3n) is 4.56. The van der Waals surface area contributed by atoms with E-state index in [9.17, 15) is 14.2 Å². The summed E-state index contributed by atoms with van der Waals surface area (Å²) < 4.78 is 14.3. The van der Waals surface area contributed by atoms with Gasteiger partial charge in [-0.3, -0.25) is 9.59 Å². The zero-order valence-corrected chi connectivity index (χ0v) is 16.5. The molecule has 3 nitrogen and oxygen atoms in total. The van der Waals surface area contributed by atoms with Crippen molar-refractivity contribution in [3.8, 4) is 0 Å². The van der Waals surface area contributed by atoms with Crippen LogP contribution >= 0.6 is 7.14 Å². The normalized spacial score (nSPS) is 11.2. The monoisotopic (exact) mass is 376 g/mol. The fourth-order valence-corrected chi connectivity index (χ4v) is 6.23. The van der Waals surface area contributed by atoms with Gasteiger partial charge in [0.25, 0.3) is 0 Å². The van der Waals surface area contributed by atoms with E-state index in [2.05, 4.69) is 0 Å². The van der Waals surface area contributed by atoms with Gasteiger partial charge in [-0.15, -0.1) is 0 Å². The second-order valence-corrected chi connectivity index (χ2v) is 9.18. The van der Waals surface area contributed by atoms with Gasteiger partial charge in [0.15, 0.2) is 0 Å². The van der Waals surface area contributed by atoms with E-state index in [1.807, 2.05) is 19.1 Å². The SMILES string of the molecule is Cc1cc(C)c(P(=O)(C(=O)c2ccccc2)C(=O)c2ccccc2)c(C)c1. The summed E-state index contributed by atoms with van der Waals surface area (Å²) in [6, 6.07) is 20.5. The van der Waals surface area contributed by atoms with Crippen LogP contribution in [0.4, 0.5) is 0 Å². The van der Waals surface area contributed by atoms with E-state index in [4.69, 9.17) is 0 Å². The first kappa shape index (κ1) is 19.0. The van der Waals surface area contributed by atoms with Crippen molar-refractivity contribution >= 4 is 23.5 Å². The Morgan fingerprint density at radius 3 is 1.41 bits per heavy atom. The molecule has 0 heterocycles. The van der Waals surface area contributed by atoms with E-state index in [-0.39, 0.29) is 11.1 Å². The summed E-state index contributed by atoms with van der Waals surface area (Å²) >= 11 is 0. The Morgan fingerprint density at radius 1 is 0.667 bits per heavy atom. The van der Waals surface area contributed by atoms with Gasteiger partial charge in [0.05, 0.1) is 0 Å². The van der Waals surface area contributed by atoms with E-state index >= 15 is 0 Å². The smallest absolute Gasteiger partial charge is 0.249 e. The first-order valence-corrected chi connectivity index (χ1v) is 10.4. The van der Waals surface area contributed by atoms with Crippen molar-refractivity contribution in [3.63, 3.8) is 0 Å². The molecule has 0 saturated carbocycles. The number of carbonyl (C=O) groups excluding carboxylic acids is 2. The molecule has 0 spiro atoms. The molecule has 0 aliphatic heterocycles. The lowest BCUT2D eigenvalue weighted by Crippen LogP contribution is -2.24. The maximum Gasteiger partial charge on any atom is 0.249 e. The lowest BCUT2D eigenvalue weighted by atomic mass is 10.1. The average Bonchev–Trinajstić information content (AvgIpc) is 2.67. The molecule has 4 heteroatoms. The molecular formula is C23H21O3P. The van der Waals surface area contributed by atoms with Crippen LogP contribution in [0, 0.1) is 20.8 Å². The van der Waals surface area contributed by atoms with Crippen molar-refractivity contribution in [1.82, 2.24) is 0 Å². The number of hydrogen-bond donors (Lipinski definition) is 0. The van der Waals surface area contributed by atoms with Crippen molar-refractivity contribution < 1.29 is 14.2 Å². The minimum atomic E-state index is -4.07. The van der Waals surface area contributed by atoms with Gasteiger partial charge in [-0.1, -0.05) is 78.4 Å². The van der Waals surface area contributed by atoms with Gasteiger partial charge in [-0.25, -0.2) is 0 Å². The minimum Gasteiger partial charge on any atom is -0.302 e. The molecule has 0 saturated heterocycles. The Bertz CT molecular complexity index is 975. The Labute approximate surface area is 159 Å². The third kappa shape index (κ3) is 3.43. The number of aryl methyl sites for hydroxylation is 3. The second-order valence-electron chi connectivity index (χ2n) is 6.70. The van der Waals surface area contributed by atoms with Crippen LogP contribution in [0.15, 0.2) is 72.8 Å². The largest absolute Gasteiger partial charge is 0.302 e. The summed E-state index contributed by atoms with van der Waals surface area (Å²) in [5.41, 5.74) is 1.72. The summed E-state index contributed by atoms with van der Waals surface area (Å²) in [5.74, 6) is 0. The standard InChI is InChI=1S/C23H21O3P/c1-16-14-17(2)21(18(3)15-16)27(26,22(24)19-10-6-4-7-11-19)23(25)20-12-8-5-9-13-20/h4-15H,1-3H3. The Balaban J connectivity index is 2.30. The number of hydrogen-bond acceptors (Lipinski definition) is 3. The fourth-order valence-electron chi connectivity index (χ4n) is 3.49. The summed E-state index contributed by atoms with van der Waals surface area (Å²) in [7, 11) is -4.07. The van der Waals surface area contributed by atoms with Crippen LogP contribution in [0.5, 0.6) is 0 Å². The lowest BCUT2D eigenvalue weighted by Gasteiger charge is -2.21. The molecule has 27 heavy (non-hydrogen) atoms. The first-order valence-electron chi connectivity index (χ1n) is 8.74. The number of rotatable bonds is 5. The number of benzene rings is 3. The first-order chi connectivity index (χ1) is 12.9. The molecule has 0 aliphatic carbocycles. The fraction of sp³-hybridized carbons (Fsp3) is 0.130. The highest BCUT2D eigenvalue weighted by Gasteiger charge is 2.44. The molecule has 0 radical (unpaired) electrons. The van der Waals surface area contributed by atoms with Gasteiger partial charge in [-0.05, 0) is 31.9 Å². The van der Waals surface area contributed by atoms with Crippen molar-refractivity contribution in [1.29, 1.82) is 0 Å². The van der Waals surface area contributed by atoms with Crippen LogP contribution in [0.3, 0.4) is 0 Å². The second kappa shape index (κ2) is 7.46. The van der Waals surface area contributed by atoms with E-state index in [1.165, 1.54) is 0 Å². The molecule has 3 aromatic rings. The molecule has 0 aliphatic rings. The van der Waals surface area contributed by atoms with Crippen LogP contribution in [0.1, 0.15) is 37.4 Å². The zero-order chi connectivity index (χ0) is 19.6. The highest BCUT2D eigenvalue weighted by molar-refractivity contribution is 8.01. The van der Waals surface area contributed by atoms with E-state index in [0.717, 1.165) is 5.56 Å². The molecule has 136 valence electrons. The van der Waals surface area contributed by atoms with Crippen molar-refractivity contribution in [2.45, 2.75) is 20.8 Å². The molecule has 0 N–H and O–H groups in total. The van der Waals surface area contributed by atoms with Gasteiger partial charge >= 0.3 is 0 Å². The quantitative estimate of drug-likeness (QED) is 0.569. The van der Waals surface area contributed by atoms with E-state index in [0.29, 0.717) is 16.4 Å². The number of carbonyl (C=O) groups is 2. The predicted molar refractivity (Wildman–Crippen MR) is 109 cm³/mol. The van der Waals surface area contributed by atoms with Crippen LogP contribution in [0.25, 0.3) is 0 Å². The maximum absolute atomic E-state index is 14.3. The molecule has 0 bridgehead atoms. The van der Waals surface area contributed by atoms with E-state index < -0.39 is 18.2 Å². The molecule has 0 unspecified atom stereocenters. The summed E-state index contributed by atoms with van der Waals surface area (Å²) in [5, 5.41) is 0.357. The van der Waals surface area contributed by atoms with Gasteiger partial charge in [0.1, 0.15) is 0 Å². The highest BCUT2D eigenvalue weighted by Crippen LogP contribution is 2.52. The summed E-state index contributed by atoms with van der Waals surface area (Å²) in [6.45, 7) is 5.55. The van der Waals surface area contributed by atoms with E-state index in [1.54, 1.807) is 74.5 Å². The molecular weight excluding hydrogens is 355 g/mol. The highest BCUT2D eigenvalue weighted by atomic mass is 31.2. The molecule has 0 aromatic heterocycles. The van der Waals surface area contributed by atoms with Crippen molar-refractivity contribution in [2.24, 2.45) is 0 Å². The predicted octanol–water partition coefficient (Wildman–Crippen LogP) is 5.28. The topological polar surface area (TPSA) is 51.2 Å². The Morgan fingerprint density at radius 2 is 1.04 bits per heavy atom. The minimum absolute atomic E-state index is 0.282. The Hall–Kier alpha value is -2.77. The van der Waals surface area contributed by atoms with Crippen molar-refractivity contribution in [3.05, 3.63) is 101 Å². The van der Waals surface area contributed by atoms with Gasteiger partial charge in [0.2, 0.25) is 18.2 Å². The summed E-state index contributed by atoms with van der Waals surface area (Å²) in [6.07, 6.45) is 0. The molecule has 0 atom stereocenters. The molecule has 3 aromatic carbocycles. The zero-order valence-electron chi connectivity index (χ0n) is 15.6. The Kier molecular flexibility index (Phi) is 5.25. The third-order valence-corrected chi connectivity index (χ3v) is 7.56. The molecule has 3 rings (SSSR count).